The van der Waals surface area contributed by atoms with Gasteiger partial charge < -0.3 is 19.9 Å². The van der Waals surface area contributed by atoms with E-state index in [0.29, 0.717) is 31.7 Å². The number of anilines is 1. The maximum atomic E-state index is 12.6. The van der Waals surface area contributed by atoms with E-state index in [1.807, 2.05) is 0 Å². The topological polar surface area (TPSA) is 119 Å². The Morgan fingerprint density at radius 3 is 2.68 bits per heavy atom. The van der Waals surface area contributed by atoms with E-state index in [0.717, 1.165) is 0 Å². The largest absolute Gasteiger partial charge is 0.482 e. The van der Waals surface area contributed by atoms with Gasteiger partial charge in [0.05, 0.1) is 5.25 Å². The van der Waals surface area contributed by atoms with E-state index >= 15 is 0 Å². The molecule has 0 aromatic heterocycles. The molecule has 0 aliphatic carbocycles. The normalized spacial score (nSPS) is 16.8. The van der Waals surface area contributed by atoms with Crippen molar-refractivity contribution >= 4 is 27.4 Å². The molecule has 1 saturated heterocycles. The van der Waals surface area contributed by atoms with Crippen LogP contribution in [0.2, 0.25) is 0 Å². The van der Waals surface area contributed by atoms with Crippen LogP contribution in [0.3, 0.4) is 0 Å². The Morgan fingerprint density at radius 2 is 2.04 bits per heavy atom. The van der Waals surface area contributed by atoms with Gasteiger partial charge >= 0.3 is 5.97 Å². The Bertz CT molecular complexity index is 726. The monoisotopic (exact) mass is 371 g/mol. The minimum atomic E-state index is -3.61. The van der Waals surface area contributed by atoms with Crippen molar-refractivity contribution in [1.29, 1.82) is 0 Å². The lowest BCUT2D eigenvalue weighted by atomic mass is 10.2. The molecule has 1 unspecified atom stereocenters. The number of hydrogen-bond acceptors (Lipinski definition) is 6. The highest BCUT2D eigenvalue weighted by molar-refractivity contribution is 7.93. The van der Waals surface area contributed by atoms with E-state index in [1.165, 1.54) is 13.0 Å². The van der Waals surface area contributed by atoms with E-state index in [2.05, 4.69) is 5.32 Å². The van der Waals surface area contributed by atoms with Gasteiger partial charge in [-0.05, 0) is 31.9 Å². The van der Waals surface area contributed by atoms with Crippen molar-refractivity contribution < 1.29 is 32.6 Å². The molecule has 0 bridgehead atoms. The summed E-state index contributed by atoms with van der Waals surface area (Å²) in [7, 11) is -3.61. The third kappa shape index (κ3) is 5.17. The van der Waals surface area contributed by atoms with Crippen LogP contribution in [0.25, 0.3) is 0 Å². The molecule has 1 fully saturated rings. The van der Waals surface area contributed by atoms with Crippen molar-refractivity contribution in [3.63, 3.8) is 0 Å². The lowest BCUT2D eigenvalue weighted by Crippen LogP contribution is -2.41. The summed E-state index contributed by atoms with van der Waals surface area (Å²) in [6, 6.07) is 6.12. The number of carbonyl (C=O) groups is 2. The smallest absolute Gasteiger partial charge is 0.341 e. The molecule has 2 N–H and O–H groups in total. The van der Waals surface area contributed by atoms with Gasteiger partial charge in [0.15, 0.2) is 16.4 Å². The summed E-state index contributed by atoms with van der Waals surface area (Å²) in [4.78, 5) is 22.8. The molecule has 1 heterocycles. The molecular weight excluding hydrogens is 350 g/mol. The third-order valence-corrected chi connectivity index (χ3v) is 6.56. The van der Waals surface area contributed by atoms with Crippen molar-refractivity contribution in [2.24, 2.45) is 0 Å². The van der Waals surface area contributed by atoms with Gasteiger partial charge in [0.1, 0.15) is 11.0 Å². The van der Waals surface area contributed by atoms with Crippen molar-refractivity contribution in [2.75, 3.05) is 25.1 Å². The summed E-state index contributed by atoms with van der Waals surface area (Å²) in [6.07, 6.45) is 0.775. The Balaban J connectivity index is 2.03. The number of benzene rings is 1. The van der Waals surface area contributed by atoms with Gasteiger partial charge in [0.25, 0.3) is 0 Å². The second-order valence-electron chi connectivity index (χ2n) is 5.74. The van der Waals surface area contributed by atoms with E-state index < -0.39 is 38.8 Å². The average molecular weight is 371 g/mol. The minimum Gasteiger partial charge on any atom is -0.482 e. The van der Waals surface area contributed by atoms with Crippen LogP contribution >= 0.6 is 0 Å². The van der Waals surface area contributed by atoms with Crippen LogP contribution in [0.15, 0.2) is 24.3 Å². The van der Waals surface area contributed by atoms with Crippen molar-refractivity contribution in [1.82, 2.24) is 0 Å². The van der Waals surface area contributed by atoms with Gasteiger partial charge in [-0.1, -0.05) is 6.07 Å². The summed E-state index contributed by atoms with van der Waals surface area (Å²) in [5, 5.41) is 9.37. The predicted molar refractivity (Wildman–Crippen MR) is 90.4 cm³/mol. The number of amides is 1. The van der Waals surface area contributed by atoms with Gasteiger partial charge in [-0.25, -0.2) is 13.2 Å². The number of hydrogen-bond donors (Lipinski definition) is 2. The molecule has 0 spiro atoms. The van der Waals surface area contributed by atoms with Gasteiger partial charge in [-0.3, -0.25) is 4.79 Å². The Labute approximate surface area is 146 Å². The van der Waals surface area contributed by atoms with Crippen LogP contribution in [0.4, 0.5) is 5.69 Å². The average Bonchev–Trinajstić information content (AvgIpc) is 2.60. The molecule has 1 atom stereocenters. The zero-order chi connectivity index (χ0) is 18.4. The highest BCUT2D eigenvalue weighted by Crippen LogP contribution is 2.22. The number of carbonyl (C=O) groups excluding carboxylic acids is 1. The number of aliphatic carboxylic acids is 1. The highest BCUT2D eigenvalue weighted by atomic mass is 32.2. The number of ether oxygens (including phenoxy) is 2. The van der Waals surface area contributed by atoms with E-state index in [4.69, 9.17) is 14.6 Å². The Morgan fingerprint density at radius 1 is 1.36 bits per heavy atom. The first kappa shape index (κ1) is 19.2. The van der Waals surface area contributed by atoms with E-state index in [1.54, 1.807) is 18.2 Å². The molecule has 0 saturated carbocycles. The molecule has 1 aromatic rings. The van der Waals surface area contributed by atoms with Crippen LogP contribution in [-0.2, 0) is 24.2 Å². The first-order chi connectivity index (χ1) is 11.8. The summed E-state index contributed by atoms with van der Waals surface area (Å²) in [6.45, 7) is 1.61. The second kappa shape index (κ2) is 8.30. The van der Waals surface area contributed by atoms with Gasteiger partial charge in [-0.15, -0.1) is 0 Å². The lowest BCUT2D eigenvalue weighted by Gasteiger charge is -2.25. The predicted octanol–water partition coefficient (Wildman–Crippen LogP) is 1.07. The standard InChI is InChI=1S/C16H21NO7S/c1-11(25(21,22)14-5-7-23-8-6-14)16(20)17-12-3-2-4-13(9-12)24-10-15(18)19/h2-4,9,11,14H,5-8,10H2,1H3,(H,17,20)(H,18,19). The molecule has 2 rings (SSSR count). The van der Waals surface area contributed by atoms with Gasteiger partial charge in [-0.2, -0.15) is 0 Å². The molecule has 138 valence electrons. The Hall–Kier alpha value is -2.13. The number of nitrogens with one attached hydrogen (secondary N) is 1. The first-order valence-electron chi connectivity index (χ1n) is 7.86. The summed E-state index contributed by atoms with van der Waals surface area (Å²) < 4.78 is 35.3. The number of carboxylic acid groups (broad SMARTS) is 1. The second-order valence-corrected chi connectivity index (χ2v) is 8.29. The zero-order valence-corrected chi connectivity index (χ0v) is 14.6. The van der Waals surface area contributed by atoms with Crippen molar-refractivity contribution in [3.8, 4) is 5.75 Å². The maximum Gasteiger partial charge on any atom is 0.341 e. The van der Waals surface area contributed by atoms with Crippen LogP contribution < -0.4 is 10.1 Å². The highest BCUT2D eigenvalue weighted by Gasteiger charge is 2.36. The van der Waals surface area contributed by atoms with E-state index in [9.17, 15) is 18.0 Å². The quantitative estimate of drug-likeness (QED) is 0.736. The number of sulfone groups is 1. The Kier molecular flexibility index (Phi) is 6.38. The molecular formula is C16H21NO7S. The van der Waals surface area contributed by atoms with Crippen LogP contribution in [0.5, 0.6) is 5.75 Å². The van der Waals surface area contributed by atoms with Crippen molar-refractivity contribution in [2.45, 2.75) is 30.3 Å². The summed E-state index contributed by atoms with van der Waals surface area (Å²) in [5.41, 5.74) is 0.335. The first-order valence-corrected chi connectivity index (χ1v) is 9.47. The molecule has 0 radical (unpaired) electrons. The van der Waals surface area contributed by atoms with Crippen LogP contribution in [0, 0.1) is 0 Å². The van der Waals surface area contributed by atoms with E-state index in [-0.39, 0.29) is 5.75 Å². The van der Waals surface area contributed by atoms with Crippen molar-refractivity contribution in [3.05, 3.63) is 24.3 Å². The molecule has 1 aromatic carbocycles. The van der Waals surface area contributed by atoms with Gasteiger partial charge in [0.2, 0.25) is 5.91 Å². The fourth-order valence-corrected chi connectivity index (χ4v) is 4.28. The number of rotatable bonds is 7. The molecule has 1 aliphatic heterocycles. The molecule has 25 heavy (non-hydrogen) atoms. The fourth-order valence-electron chi connectivity index (χ4n) is 2.49. The molecule has 1 aliphatic rings. The molecule has 9 heteroatoms. The lowest BCUT2D eigenvalue weighted by molar-refractivity contribution is -0.139. The minimum absolute atomic E-state index is 0.264. The SMILES string of the molecule is CC(C(=O)Nc1cccc(OCC(=O)O)c1)S(=O)(=O)C1CCOCC1. The summed E-state index contributed by atoms with van der Waals surface area (Å²) >= 11 is 0. The van der Waals surface area contributed by atoms with Gasteiger partial charge in [0, 0.05) is 25.0 Å². The molecule has 1 amide bonds. The fraction of sp³-hybridized carbons (Fsp3) is 0.500. The molecule has 8 nitrogen and oxygen atoms in total. The summed E-state index contributed by atoms with van der Waals surface area (Å²) in [5.74, 6) is -1.49. The zero-order valence-electron chi connectivity index (χ0n) is 13.8. The number of carboxylic acids is 1. The van der Waals surface area contributed by atoms with Crippen LogP contribution in [0.1, 0.15) is 19.8 Å². The van der Waals surface area contributed by atoms with Crippen LogP contribution in [-0.4, -0.2) is 55.7 Å². The maximum absolute atomic E-state index is 12.6. The third-order valence-electron chi connectivity index (χ3n) is 3.96.